The minimum atomic E-state index is -0.556. The van der Waals surface area contributed by atoms with Gasteiger partial charge in [0.05, 0.1) is 24.1 Å². The predicted molar refractivity (Wildman–Crippen MR) is 105 cm³/mol. The third-order valence-electron chi connectivity index (χ3n) is 4.75. The normalized spacial score (nSPS) is 24.3. The van der Waals surface area contributed by atoms with Crippen LogP contribution in [0.15, 0.2) is 36.5 Å². The van der Waals surface area contributed by atoms with Crippen LogP contribution in [0.1, 0.15) is 19.4 Å². The third-order valence-corrected chi connectivity index (χ3v) is 4.98. The van der Waals surface area contributed by atoms with Gasteiger partial charge in [0.25, 0.3) is 5.91 Å². The van der Waals surface area contributed by atoms with Gasteiger partial charge in [0.2, 0.25) is 0 Å². The average Bonchev–Trinajstić information content (AvgIpc) is 3.05. The molecule has 2 aliphatic heterocycles. The second kappa shape index (κ2) is 7.37. The van der Waals surface area contributed by atoms with Gasteiger partial charge in [0.1, 0.15) is 11.6 Å². The fourth-order valence-electron chi connectivity index (χ4n) is 3.60. The van der Waals surface area contributed by atoms with Gasteiger partial charge in [-0.3, -0.25) is 4.79 Å². The van der Waals surface area contributed by atoms with E-state index in [9.17, 15) is 4.79 Å². The Bertz CT molecular complexity index is 833. The molecule has 1 aromatic heterocycles. The van der Waals surface area contributed by atoms with Gasteiger partial charge < -0.3 is 19.7 Å². The number of benzene rings is 1. The van der Waals surface area contributed by atoms with Crippen molar-refractivity contribution in [2.75, 3.05) is 23.3 Å². The number of nitrogens with one attached hydrogen (secondary N) is 1. The highest BCUT2D eigenvalue weighted by Gasteiger charge is 2.29. The Morgan fingerprint density at radius 1 is 1.22 bits per heavy atom. The van der Waals surface area contributed by atoms with Crippen molar-refractivity contribution >= 4 is 29.0 Å². The van der Waals surface area contributed by atoms with E-state index in [2.05, 4.69) is 29.0 Å². The number of morpholine rings is 1. The number of carbonyl (C=O) groups excluding carboxylic acids is 1. The number of aromatic nitrogens is 1. The Morgan fingerprint density at radius 2 is 2.00 bits per heavy atom. The predicted octanol–water partition coefficient (Wildman–Crippen LogP) is 3.29. The maximum Gasteiger partial charge on any atom is 0.265 e. The summed E-state index contributed by atoms with van der Waals surface area (Å²) in [6, 6.07) is 9.18. The summed E-state index contributed by atoms with van der Waals surface area (Å²) >= 11 is 6.00. The zero-order valence-corrected chi connectivity index (χ0v) is 16.1. The summed E-state index contributed by atoms with van der Waals surface area (Å²) in [6.45, 7) is 5.73. The van der Waals surface area contributed by atoms with Crippen LogP contribution in [0.2, 0.25) is 5.02 Å². The Morgan fingerprint density at radius 3 is 2.70 bits per heavy atom. The van der Waals surface area contributed by atoms with Gasteiger partial charge in [0, 0.05) is 24.5 Å². The molecular weight excluding hydrogens is 366 g/mol. The highest BCUT2D eigenvalue weighted by molar-refractivity contribution is 6.30. The Labute approximate surface area is 163 Å². The van der Waals surface area contributed by atoms with E-state index in [0.29, 0.717) is 22.9 Å². The fraction of sp³-hybridized carbons (Fsp3) is 0.400. The Hall–Kier alpha value is -2.31. The molecule has 0 saturated carbocycles. The van der Waals surface area contributed by atoms with Crippen LogP contribution >= 0.6 is 11.6 Å². The molecule has 2 aromatic rings. The first-order valence-corrected chi connectivity index (χ1v) is 9.48. The maximum absolute atomic E-state index is 12.5. The lowest BCUT2D eigenvalue weighted by atomic mass is 10.1. The van der Waals surface area contributed by atoms with E-state index in [-0.39, 0.29) is 18.1 Å². The van der Waals surface area contributed by atoms with Crippen LogP contribution in [0.5, 0.6) is 5.75 Å². The largest absolute Gasteiger partial charge is 0.480 e. The third kappa shape index (κ3) is 4.01. The van der Waals surface area contributed by atoms with Crippen molar-refractivity contribution in [3.8, 4) is 5.75 Å². The fourth-order valence-corrected chi connectivity index (χ4v) is 3.79. The highest BCUT2D eigenvalue weighted by atomic mass is 35.5. The molecule has 6 nitrogen and oxygen atoms in total. The van der Waals surface area contributed by atoms with E-state index < -0.39 is 6.10 Å². The summed E-state index contributed by atoms with van der Waals surface area (Å²) in [5, 5.41) is 3.52. The average molecular weight is 388 g/mol. The zero-order valence-electron chi connectivity index (χ0n) is 15.3. The van der Waals surface area contributed by atoms with Crippen LogP contribution in [0.25, 0.3) is 0 Å². The van der Waals surface area contributed by atoms with E-state index in [0.717, 1.165) is 24.5 Å². The molecule has 1 amide bonds. The van der Waals surface area contributed by atoms with E-state index >= 15 is 0 Å². The number of rotatable bonds is 3. The lowest BCUT2D eigenvalue weighted by Crippen LogP contribution is -2.45. The van der Waals surface area contributed by atoms with Gasteiger partial charge in [-0.05, 0) is 49.7 Å². The van der Waals surface area contributed by atoms with Gasteiger partial charge >= 0.3 is 0 Å². The molecule has 27 heavy (non-hydrogen) atoms. The molecule has 0 aliphatic carbocycles. The van der Waals surface area contributed by atoms with E-state index in [1.807, 2.05) is 18.2 Å². The number of nitrogens with zero attached hydrogens (tertiary/aromatic N) is 2. The minimum absolute atomic E-state index is 0.171. The number of anilines is 2. The quantitative estimate of drug-likeness (QED) is 0.875. The number of halogens is 1. The summed E-state index contributed by atoms with van der Waals surface area (Å²) in [6.07, 6.45) is 1.97. The van der Waals surface area contributed by atoms with Crippen molar-refractivity contribution in [1.29, 1.82) is 0 Å². The number of amides is 1. The highest BCUT2D eigenvalue weighted by Crippen LogP contribution is 2.31. The van der Waals surface area contributed by atoms with Gasteiger partial charge in [0.15, 0.2) is 6.10 Å². The van der Waals surface area contributed by atoms with Crippen LogP contribution < -0.4 is 15.0 Å². The summed E-state index contributed by atoms with van der Waals surface area (Å²) in [4.78, 5) is 19.2. The molecule has 7 heteroatoms. The number of hydrogen-bond donors (Lipinski definition) is 1. The Balaban J connectivity index is 1.38. The molecule has 3 atom stereocenters. The number of hydrogen-bond acceptors (Lipinski definition) is 5. The van der Waals surface area contributed by atoms with Gasteiger partial charge in [-0.1, -0.05) is 11.6 Å². The van der Waals surface area contributed by atoms with Crippen LogP contribution in [0.4, 0.5) is 11.5 Å². The first-order chi connectivity index (χ1) is 13.0. The topological polar surface area (TPSA) is 63.7 Å². The molecule has 1 fully saturated rings. The second-order valence-corrected chi connectivity index (χ2v) is 7.56. The summed E-state index contributed by atoms with van der Waals surface area (Å²) in [5.41, 5.74) is 1.60. The number of carbonyl (C=O) groups is 1. The van der Waals surface area contributed by atoms with E-state index in [1.54, 1.807) is 18.3 Å². The maximum atomic E-state index is 12.5. The second-order valence-electron chi connectivity index (χ2n) is 7.12. The number of fused-ring (bicyclic) bond motifs is 1. The molecule has 4 rings (SSSR count). The van der Waals surface area contributed by atoms with Crippen molar-refractivity contribution in [2.24, 2.45) is 0 Å². The van der Waals surface area contributed by atoms with Crippen LogP contribution in [-0.2, 0) is 16.0 Å². The Kier molecular flexibility index (Phi) is 4.93. The van der Waals surface area contributed by atoms with Crippen LogP contribution in [-0.4, -0.2) is 42.3 Å². The van der Waals surface area contributed by atoms with Gasteiger partial charge in [-0.2, -0.15) is 0 Å². The van der Waals surface area contributed by atoms with Crippen molar-refractivity contribution in [2.45, 2.75) is 38.6 Å². The molecule has 1 saturated heterocycles. The lowest BCUT2D eigenvalue weighted by molar-refractivity contribution is -0.122. The van der Waals surface area contributed by atoms with Gasteiger partial charge in [-0.25, -0.2) is 4.98 Å². The van der Waals surface area contributed by atoms with Crippen molar-refractivity contribution < 1.29 is 14.3 Å². The molecule has 142 valence electrons. The first kappa shape index (κ1) is 18.1. The van der Waals surface area contributed by atoms with Crippen LogP contribution in [0, 0.1) is 0 Å². The van der Waals surface area contributed by atoms with Crippen molar-refractivity contribution in [3.05, 3.63) is 47.1 Å². The summed E-state index contributed by atoms with van der Waals surface area (Å²) in [5.74, 6) is 1.41. The van der Waals surface area contributed by atoms with Crippen molar-refractivity contribution in [3.63, 3.8) is 0 Å². The molecule has 0 unspecified atom stereocenters. The molecule has 2 aliphatic rings. The van der Waals surface area contributed by atoms with Crippen LogP contribution in [0.3, 0.4) is 0 Å². The molecule has 0 bridgehead atoms. The minimum Gasteiger partial charge on any atom is -0.480 e. The SMILES string of the molecule is C[C@@H]1CN(c2ccc(NC(=O)[C@@H]3Cc4cc(Cl)ccc4O3)cn2)C[C@@H](C)O1. The standard InChI is InChI=1S/C20H22ClN3O3/c1-12-10-24(11-13(2)26-12)19-6-4-16(9-22-19)23-20(25)18-8-14-7-15(21)3-5-17(14)27-18/h3-7,9,12-13,18H,8,10-11H2,1-2H3,(H,23,25)/t12-,13-,18+/m1/s1. The smallest absolute Gasteiger partial charge is 0.265 e. The molecule has 1 N–H and O–H groups in total. The molecular formula is C20H22ClN3O3. The number of pyridine rings is 1. The van der Waals surface area contributed by atoms with Crippen molar-refractivity contribution in [1.82, 2.24) is 4.98 Å². The zero-order chi connectivity index (χ0) is 19.0. The van der Waals surface area contributed by atoms with E-state index in [4.69, 9.17) is 21.1 Å². The molecule has 0 spiro atoms. The summed E-state index contributed by atoms with van der Waals surface area (Å²) in [7, 11) is 0. The number of ether oxygens (including phenoxy) is 2. The molecule has 0 radical (unpaired) electrons. The molecule has 1 aromatic carbocycles. The first-order valence-electron chi connectivity index (χ1n) is 9.10. The molecule has 3 heterocycles. The van der Waals surface area contributed by atoms with E-state index in [1.165, 1.54) is 0 Å². The lowest BCUT2D eigenvalue weighted by Gasteiger charge is -2.36. The van der Waals surface area contributed by atoms with Gasteiger partial charge in [-0.15, -0.1) is 0 Å². The monoisotopic (exact) mass is 387 g/mol. The summed E-state index contributed by atoms with van der Waals surface area (Å²) < 4.78 is 11.5.